The van der Waals surface area contributed by atoms with E-state index >= 15 is 0 Å². The number of aromatic nitrogens is 3. The van der Waals surface area contributed by atoms with Gasteiger partial charge in [-0.1, -0.05) is 38.6 Å². The van der Waals surface area contributed by atoms with Crippen molar-refractivity contribution >= 4 is 44.9 Å². The molecule has 224 valence electrons. The Morgan fingerprint density at radius 2 is 2.00 bits per heavy atom. The molecule has 2 N–H and O–H groups in total. The largest absolute Gasteiger partial charge is 0.465 e. The Labute approximate surface area is 245 Å². The van der Waals surface area contributed by atoms with Gasteiger partial charge in [-0.05, 0) is 56.4 Å². The zero-order chi connectivity index (χ0) is 30.8. The summed E-state index contributed by atoms with van der Waals surface area (Å²) in [6.45, 7) is 13.3. The number of sulfonamides is 1. The molecule has 0 aliphatic carbocycles. The number of nitrogens with zero attached hydrogens (tertiary/aromatic N) is 5. The summed E-state index contributed by atoms with van der Waals surface area (Å²) in [5.74, 6) is 0.486. The summed E-state index contributed by atoms with van der Waals surface area (Å²) in [6.07, 6.45) is 2.39. The Balaban J connectivity index is 1.86. The number of carbonyl (C=O) groups excluding carboxylic acids is 1. The third kappa shape index (κ3) is 7.08. The van der Waals surface area contributed by atoms with Crippen LogP contribution in [0.2, 0.25) is 0 Å². The van der Waals surface area contributed by atoms with Crippen LogP contribution in [0, 0.1) is 0 Å². The van der Waals surface area contributed by atoms with Crippen LogP contribution in [-0.4, -0.2) is 63.9 Å². The van der Waals surface area contributed by atoms with E-state index in [1.807, 2.05) is 19.9 Å². The predicted molar refractivity (Wildman–Crippen MR) is 161 cm³/mol. The predicted octanol–water partition coefficient (Wildman–Crippen LogP) is 5.45. The van der Waals surface area contributed by atoms with Crippen LogP contribution in [-0.2, 0) is 21.3 Å². The van der Waals surface area contributed by atoms with Crippen LogP contribution in [0.4, 0.5) is 21.1 Å². The molecule has 1 aliphatic rings. The van der Waals surface area contributed by atoms with Crippen molar-refractivity contribution in [3.8, 4) is 0 Å². The molecule has 0 saturated carbocycles. The lowest BCUT2D eigenvalue weighted by Gasteiger charge is -2.29. The molecule has 0 fully saturated rings. The van der Waals surface area contributed by atoms with Gasteiger partial charge in [-0.3, -0.25) is 9.62 Å². The van der Waals surface area contributed by atoms with Gasteiger partial charge in [0.05, 0.1) is 18.4 Å². The first-order chi connectivity index (χ1) is 19.7. The zero-order valence-electron chi connectivity index (χ0n) is 24.4. The number of hydrogen-bond donors (Lipinski definition) is 2. The van der Waals surface area contributed by atoms with Gasteiger partial charge in [0.2, 0.25) is 0 Å². The number of rotatable bonds is 8. The zero-order valence-corrected chi connectivity index (χ0v) is 25.2. The van der Waals surface area contributed by atoms with E-state index in [9.17, 15) is 23.1 Å². The van der Waals surface area contributed by atoms with Gasteiger partial charge in [0.25, 0.3) is 10.0 Å². The van der Waals surface area contributed by atoms with E-state index in [-0.39, 0.29) is 19.0 Å². The number of nitrogens with one attached hydrogen (secondary N) is 1. The summed E-state index contributed by atoms with van der Waals surface area (Å²) >= 11 is 0. The van der Waals surface area contributed by atoms with Gasteiger partial charge in [0.15, 0.2) is 5.65 Å². The highest BCUT2D eigenvalue weighted by atomic mass is 32.2. The first-order valence-electron chi connectivity index (χ1n) is 13.5. The van der Waals surface area contributed by atoms with Crippen molar-refractivity contribution in [2.45, 2.75) is 59.1 Å². The van der Waals surface area contributed by atoms with Gasteiger partial charge in [-0.25, -0.2) is 23.0 Å². The van der Waals surface area contributed by atoms with E-state index in [0.29, 0.717) is 41.4 Å². The minimum Gasteiger partial charge on any atom is -0.465 e. The van der Waals surface area contributed by atoms with E-state index in [0.717, 1.165) is 16.5 Å². The van der Waals surface area contributed by atoms with Crippen molar-refractivity contribution in [1.29, 1.82) is 0 Å². The van der Waals surface area contributed by atoms with Gasteiger partial charge in [-0.2, -0.15) is 9.61 Å². The number of carboxylic acid groups (broad SMARTS) is 1. The first kappa shape index (κ1) is 30.6. The van der Waals surface area contributed by atoms with E-state index < -0.39 is 27.8 Å². The molecule has 3 heterocycles. The van der Waals surface area contributed by atoms with Crippen LogP contribution in [0.25, 0.3) is 11.2 Å². The van der Waals surface area contributed by atoms with Gasteiger partial charge >= 0.3 is 12.2 Å². The third-order valence-corrected chi connectivity index (χ3v) is 7.51. The number of hydrogen-bond acceptors (Lipinski definition) is 7. The number of amides is 2. The number of benzene rings is 1. The molecule has 4 rings (SSSR count). The van der Waals surface area contributed by atoms with E-state index in [4.69, 9.17) is 9.72 Å². The quantitative estimate of drug-likeness (QED) is 0.349. The lowest BCUT2D eigenvalue weighted by atomic mass is 10.0. The maximum atomic E-state index is 13.7. The van der Waals surface area contributed by atoms with Crippen LogP contribution in [0.5, 0.6) is 0 Å². The molecule has 2 aromatic heterocycles. The summed E-state index contributed by atoms with van der Waals surface area (Å²) in [6, 6.07) is 8.44. The second kappa shape index (κ2) is 11.8. The molecular formula is C29H36N6O6S. The Kier molecular flexibility index (Phi) is 8.62. The average molecular weight is 597 g/mol. The van der Waals surface area contributed by atoms with Gasteiger partial charge in [0, 0.05) is 35.8 Å². The second-order valence-corrected chi connectivity index (χ2v) is 12.9. The summed E-state index contributed by atoms with van der Waals surface area (Å²) in [5, 5.41) is 14.8. The number of carbonyl (C=O) groups is 2. The van der Waals surface area contributed by atoms with E-state index in [2.05, 4.69) is 16.4 Å². The SMILES string of the molecule is C=CS(=O)(=O)Nc1cccc(CN(C(=O)OC(C)(C)C)c2cc(C3=CCN(C(=O)O)CC3)nc3c(C(C)C)cnn23)c1. The highest BCUT2D eigenvalue weighted by molar-refractivity contribution is 7.95. The Bertz CT molecular complexity index is 1650. The van der Waals surface area contributed by atoms with Gasteiger partial charge < -0.3 is 14.7 Å². The number of fused-ring (bicyclic) bond motifs is 1. The van der Waals surface area contributed by atoms with E-state index in [1.54, 1.807) is 61.8 Å². The molecule has 3 aromatic rings. The van der Waals surface area contributed by atoms with Crippen molar-refractivity contribution in [1.82, 2.24) is 19.5 Å². The Morgan fingerprint density at radius 1 is 1.26 bits per heavy atom. The normalized spacial score (nSPS) is 14.0. The molecule has 2 amide bonds. The molecule has 0 spiro atoms. The van der Waals surface area contributed by atoms with Crippen molar-refractivity contribution < 1.29 is 27.9 Å². The smallest absolute Gasteiger partial charge is 0.416 e. The number of anilines is 2. The van der Waals surface area contributed by atoms with Crippen LogP contribution < -0.4 is 9.62 Å². The standard InChI is InChI=1S/C29H36N6O6S/c1-7-42(39,40)32-22-10-8-9-20(15-22)18-34(28(38)41-29(4,5)6)25-16-24(21-11-13-33(14-12-21)27(36)37)31-26-23(19(2)3)17-30-35(25)26/h7-11,15-17,19,32H,1,12-14,18H2,2-6H3,(H,36,37). The van der Waals surface area contributed by atoms with Crippen LogP contribution in [0.15, 0.2) is 54.6 Å². The Hall–Kier alpha value is -4.39. The molecule has 0 atom stereocenters. The summed E-state index contributed by atoms with van der Waals surface area (Å²) in [7, 11) is -3.73. The van der Waals surface area contributed by atoms with Crippen LogP contribution in [0.1, 0.15) is 63.8 Å². The fraction of sp³-hybridized carbons (Fsp3) is 0.379. The second-order valence-electron chi connectivity index (χ2n) is 11.3. The van der Waals surface area contributed by atoms with Crippen LogP contribution >= 0.6 is 0 Å². The number of ether oxygens (including phenoxy) is 1. The average Bonchev–Trinajstić information content (AvgIpc) is 3.35. The molecule has 0 saturated heterocycles. The van der Waals surface area contributed by atoms with E-state index in [1.165, 1.54) is 9.80 Å². The van der Waals surface area contributed by atoms with Crippen molar-refractivity contribution in [2.24, 2.45) is 0 Å². The summed E-state index contributed by atoms with van der Waals surface area (Å²) in [5.41, 5.74) is 3.05. The van der Waals surface area contributed by atoms with Crippen molar-refractivity contribution in [2.75, 3.05) is 22.7 Å². The minimum absolute atomic E-state index is 0.0276. The maximum absolute atomic E-state index is 13.7. The molecule has 1 aromatic carbocycles. The van der Waals surface area contributed by atoms with Gasteiger partial charge in [0.1, 0.15) is 11.4 Å². The molecule has 1 aliphatic heterocycles. The van der Waals surface area contributed by atoms with Crippen LogP contribution in [0.3, 0.4) is 0 Å². The molecule has 13 heteroatoms. The van der Waals surface area contributed by atoms with Gasteiger partial charge in [-0.15, -0.1) is 0 Å². The first-order valence-corrected chi connectivity index (χ1v) is 15.0. The highest BCUT2D eigenvalue weighted by Gasteiger charge is 2.28. The molecule has 0 bridgehead atoms. The Morgan fingerprint density at radius 3 is 2.60 bits per heavy atom. The summed E-state index contributed by atoms with van der Waals surface area (Å²) in [4.78, 5) is 32.9. The monoisotopic (exact) mass is 596 g/mol. The summed E-state index contributed by atoms with van der Waals surface area (Å²) < 4.78 is 34.0. The lowest BCUT2D eigenvalue weighted by Crippen LogP contribution is -2.38. The van der Waals surface area contributed by atoms with Crippen molar-refractivity contribution in [3.63, 3.8) is 0 Å². The topological polar surface area (TPSA) is 146 Å². The molecule has 12 nitrogen and oxygen atoms in total. The highest BCUT2D eigenvalue weighted by Crippen LogP contribution is 2.31. The lowest BCUT2D eigenvalue weighted by molar-refractivity contribution is 0.0575. The molecular weight excluding hydrogens is 560 g/mol. The molecule has 0 radical (unpaired) electrons. The molecule has 0 unspecified atom stereocenters. The fourth-order valence-corrected chi connectivity index (χ4v) is 5.02. The van der Waals surface area contributed by atoms with Crippen molar-refractivity contribution in [3.05, 3.63) is 71.4 Å². The fourth-order valence-electron chi connectivity index (χ4n) is 4.48. The maximum Gasteiger partial charge on any atom is 0.416 e. The third-order valence-electron chi connectivity index (χ3n) is 6.55. The minimum atomic E-state index is -3.73. The molecule has 42 heavy (non-hydrogen) atoms.